The summed E-state index contributed by atoms with van der Waals surface area (Å²) in [6.45, 7) is 5.13. The van der Waals surface area contributed by atoms with Gasteiger partial charge in [-0.3, -0.25) is 14.9 Å². The Morgan fingerprint density at radius 2 is 2.00 bits per heavy atom. The Morgan fingerprint density at radius 3 is 2.62 bits per heavy atom. The molecule has 1 aliphatic heterocycles. The molecule has 0 radical (unpaired) electrons. The summed E-state index contributed by atoms with van der Waals surface area (Å²) in [5.41, 5.74) is 0.745. The fourth-order valence-corrected chi connectivity index (χ4v) is 2.80. The first-order valence-corrected chi connectivity index (χ1v) is 7.94. The van der Waals surface area contributed by atoms with Gasteiger partial charge in [0.05, 0.1) is 13.2 Å². The molecular formula is C15H19NO4S. The van der Waals surface area contributed by atoms with E-state index in [0.717, 1.165) is 30.2 Å². The molecule has 1 aromatic rings. The van der Waals surface area contributed by atoms with E-state index in [0.29, 0.717) is 24.7 Å². The average Bonchev–Trinajstić information content (AvgIpc) is 2.80. The number of imide groups is 1. The number of rotatable bonds is 7. The summed E-state index contributed by atoms with van der Waals surface area (Å²) >= 11 is 0.985. The fraction of sp³-hybridized carbons (Fsp3) is 0.467. The second-order valence-electron chi connectivity index (χ2n) is 4.62. The molecule has 1 unspecified atom stereocenters. The van der Waals surface area contributed by atoms with Crippen LogP contribution in [0.15, 0.2) is 18.2 Å². The Morgan fingerprint density at radius 1 is 1.19 bits per heavy atom. The minimum atomic E-state index is -0.513. The molecular weight excluding hydrogens is 290 g/mol. The summed E-state index contributed by atoms with van der Waals surface area (Å²) in [6.07, 6.45) is 2.03. The van der Waals surface area contributed by atoms with Crippen molar-refractivity contribution in [2.45, 2.75) is 31.9 Å². The van der Waals surface area contributed by atoms with E-state index in [1.165, 1.54) is 0 Å². The SMILES string of the molecule is CCCCOc1ccc(C2SC(=O)NC2=O)cc1OCC. The molecule has 114 valence electrons. The van der Waals surface area contributed by atoms with Gasteiger partial charge in [0.1, 0.15) is 5.25 Å². The Kier molecular flexibility index (Phi) is 5.50. The van der Waals surface area contributed by atoms with Crippen LogP contribution in [0.1, 0.15) is 37.5 Å². The molecule has 1 N–H and O–H groups in total. The van der Waals surface area contributed by atoms with E-state index in [4.69, 9.17) is 9.47 Å². The molecule has 2 rings (SSSR count). The van der Waals surface area contributed by atoms with Crippen LogP contribution >= 0.6 is 11.8 Å². The van der Waals surface area contributed by atoms with Gasteiger partial charge in [0, 0.05) is 0 Å². The first-order chi connectivity index (χ1) is 10.2. The van der Waals surface area contributed by atoms with Gasteiger partial charge < -0.3 is 9.47 Å². The molecule has 0 aromatic heterocycles. The van der Waals surface area contributed by atoms with Crippen molar-refractivity contribution in [3.63, 3.8) is 0 Å². The lowest BCUT2D eigenvalue weighted by Crippen LogP contribution is -2.20. The summed E-state index contributed by atoms with van der Waals surface area (Å²) in [7, 11) is 0. The number of carbonyl (C=O) groups excluding carboxylic acids is 2. The number of amides is 2. The highest BCUT2D eigenvalue weighted by Gasteiger charge is 2.33. The van der Waals surface area contributed by atoms with Crippen LogP contribution < -0.4 is 14.8 Å². The van der Waals surface area contributed by atoms with Crippen LogP contribution in [0.4, 0.5) is 4.79 Å². The van der Waals surface area contributed by atoms with Gasteiger partial charge in [-0.05, 0) is 42.8 Å². The van der Waals surface area contributed by atoms with Gasteiger partial charge in [0.25, 0.3) is 5.24 Å². The van der Waals surface area contributed by atoms with Crippen LogP contribution in [-0.4, -0.2) is 24.4 Å². The smallest absolute Gasteiger partial charge is 0.286 e. The predicted molar refractivity (Wildman–Crippen MR) is 81.9 cm³/mol. The van der Waals surface area contributed by atoms with Gasteiger partial charge in [-0.25, -0.2) is 0 Å². The summed E-state index contributed by atoms with van der Waals surface area (Å²) in [4.78, 5) is 23.0. The maximum Gasteiger partial charge on any atom is 0.286 e. The van der Waals surface area contributed by atoms with Crippen molar-refractivity contribution in [3.05, 3.63) is 23.8 Å². The largest absolute Gasteiger partial charge is 0.490 e. The van der Waals surface area contributed by atoms with Gasteiger partial charge in [0.2, 0.25) is 5.91 Å². The van der Waals surface area contributed by atoms with E-state index in [9.17, 15) is 9.59 Å². The van der Waals surface area contributed by atoms with E-state index in [1.54, 1.807) is 18.2 Å². The molecule has 21 heavy (non-hydrogen) atoms. The molecule has 0 bridgehead atoms. The first-order valence-electron chi connectivity index (χ1n) is 7.06. The zero-order valence-corrected chi connectivity index (χ0v) is 13.0. The summed E-state index contributed by atoms with van der Waals surface area (Å²) < 4.78 is 11.3. The molecule has 1 fully saturated rings. The highest BCUT2D eigenvalue weighted by atomic mass is 32.2. The Balaban J connectivity index is 2.18. The minimum absolute atomic E-state index is 0.285. The summed E-state index contributed by atoms with van der Waals surface area (Å²) in [5.74, 6) is 0.995. The number of hydrogen-bond acceptors (Lipinski definition) is 5. The quantitative estimate of drug-likeness (QED) is 0.783. The molecule has 1 saturated heterocycles. The number of benzene rings is 1. The van der Waals surface area contributed by atoms with Crippen LogP contribution in [0, 0.1) is 0 Å². The molecule has 1 aliphatic rings. The molecule has 1 aromatic carbocycles. The highest BCUT2D eigenvalue weighted by Crippen LogP contribution is 2.38. The number of thioether (sulfide) groups is 1. The van der Waals surface area contributed by atoms with Gasteiger partial charge in [0.15, 0.2) is 11.5 Å². The van der Waals surface area contributed by atoms with E-state index in [-0.39, 0.29) is 11.1 Å². The Hall–Kier alpha value is -1.69. The monoisotopic (exact) mass is 309 g/mol. The molecule has 0 aliphatic carbocycles. The summed E-state index contributed by atoms with van der Waals surface area (Å²) in [6, 6.07) is 5.38. The number of unbranched alkanes of at least 4 members (excludes halogenated alkanes) is 1. The molecule has 5 nitrogen and oxygen atoms in total. The third-order valence-electron chi connectivity index (χ3n) is 3.01. The van der Waals surface area contributed by atoms with E-state index in [2.05, 4.69) is 12.2 Å². The molecule has 2 amide bonds. The highest BCUT2D eigenvalue weighted by molar-refractivity contribution is 8.15. The third-order valence-corrected chi connectivity index (χ3v) is 4.05. The van der Waals surface area contributed by atoms with Gasteiger partial charge in [-0.2, -0.15) is 0 Å². The van der Waals surface area contributed by atoms with Crippen molar-refractivity contribution in [2.75, 3.05) is 13.2 Å². The first kappa shape index (κ1) is 15.7. The third kappa shape index (κ3) is 3.91. The second-order valence-corrected chi connectivity index (χ2v) is 5.69. The maximum absolute atomic E-state index is 11.7. The normalized spacial score (nSPS) is 17.7. The van der Waals surface area contributed by atoms with Gasteiger partial charge >= 0.3 is 0 Å². The van der Waals surface area contributed by atoms with Crippen LogP contribution in [0.2, 0.25) is 0 Å². The van der Waals surface area contributed by atoms with E-state index in [1.807, 2.05) is 6.92 Å². The lowest BCUT2D eigenvalue weighted by molar-refractivity contribution is -0.119. The maximum atomic E-state index is 11.7. The molecule has 1 heterocycles. The lowest BCUT2D eigenvalue weighted by atomic mass is 10.1. The van der Waals surface area contributed by atoms with Crippen molar-refractivity contribution in [1.29, 1.82) is 0 Å². The van der Waals surface area contributed by atoms with Crippen molar-refractivity contribution in [2.24, 2.45) is 0 Å². The number of ether oxygens (including phenoxy) is 2. The van der Waals surface area contributed by atoms with E-state index < -0.39 is 5.25 Å². The number of nitrogens with one attached hydrogen (secondary N) is 1. The van der Waals surface area contributed by atoms with Gasteiger partial charge in [-0.1, -0.05) is 19.4 Å². The van der Waals surface area contributed by atoms with Crippen LogP contribution in [-0.2, 0) is 4.79 Å². The fourth-order valence-electron chi connectivity index (χ4n) is 1.98. The number of carbonyl (C=O) groups is 2. The van der Waals surface area contributed by atoms with Crippen LogP contribution in [0.25, 0.3) is 0 Å². The average molecular weight is 309 g/mol. The van der Waals surface area contributed by atoms with Crippen LogP contribution in [0.5, 0.6) is 11.5 Å². The van der Waals surface area contributed by atoms with Crippen molar-refractivity contribution in [1.82, 2.24) is 5.32 Å². The zero-order chi connectivity index (χ0) is 15.2. The summed E-state index contributed by atoms with van der Waals surface area (Å²) in [5, 5.41) is 1.46. The Labute approximate surface area is 128 Å². The second kappa shape index (κ2) is 7.36. The molecule has 0 spiro atoms. The van der Waals surface area contributed by atoms with Gasteiger partial charge in [-0.15, -0.1) is 0 Å². The molecule has 1 atom stereocenters. The van der Waals surface area contributed by atoms with E-state index >= 15 is 0 Å². The predicted octanol–water partition coefficient (Wildman–Crippen LogP) is 3.29. The topological polar surface area (TPSA) is 64.6 Å². The minimum Gasteiger partial charge on any atom is -0.490 e. The standard InChI is InChI=1S/C15H19NO4S/c1-3-5-8-20-11-7-6-10(9-12(11)19-4-2)13-14(17)16-15(18)21-13/h6-7,9,13H,3-5,8H2,1-2H3,(H,16,17,18). The lowest BCUT2D eigenvalue weighted by Gasteiger charge is -2.14. The number of hydrogen-bond donors (Lipinski definition) is 1. The van der Waals surface area contributed by atoms with Crippen molar-refractivity contribution >= 4 is 22.9 Å². The zero-order valence-electron chi connectivity index (χ0n) is 12.2. The van der Waals surface area contributed by atoms with Crippen molar-refractivity contribution in [3.8, 4) is 11.5 Å². The molecule has 0 saturated carbocycles. The van der Waals surface area contributed by atoms with Crippen LogP contribution in [0.3, 0.4) is 0 Å². The Bertz CT molecular complexity index is 532. The van der Waals surface area contributed by atoms with Crippen molar-refractivity contribution < 1.29 is 19.1 Å². The molecule has 6 heteroatoms.